The summed E-state index contributed by atoms with van der Waals surface area (Å²) in [6.45, 7) is 0. The second kappa shape index (κ2) is 4.91. The Bertz CT molecular complexity index is 767. The zero-order valence-electron chi connectivity index (χ0n) is 9.49. The maximum absolute atomic E-state index is 12.0. The molecular weight excluding hydrogens is 268 g/mol. The lowest BCUT2D eigenvalue weighted by molar-refractivity contribution is 0.601. The van der Waals surface area contributed by atoms with Crippen LogP contribution in [-0.2, 0) is 10.0 Å². The zero-order valence-corrected chi connectivity index (χ0v) is 10.3. The molecule has 0 atom stereocenters. The Hall–Kier alpha value is -2.66. The first-order chi connectivity index (χ1) is 9.01. The third-order valence-corrected chi connectivity index (χ3v) is 3.58. The van der Waals surface area contributed by atoms with Crippen molar-refractivity contribution in [2.45, 2.75) is 4.90 Å². The predicted molar refractivity (Wildman–Crippen MR) is 66.8 cm³/mol. The number of hydrogen-bond donors (Lipinski definition) is 2. The molecule has 0 aliphatic carbocycles. The average molecular weight is 276 g/mol. The van der Waals surface area contributed by atoms with Gasteiger partial charge in [-0.05, 0) is 30.3 Å². The van der Waals surface area contributed by atoms with Crippen LogP contribution in [0.25, 0.3) is 0 Å². The van der Waals surface area contributed by atoms with Crippen LogP contribution in [0, 0.1) is 11.3 Å². The molecule has 1 heterocycles. The van der Waals surface area contributed by atoms with Gasteiger partial charge in [0.1, 0.15) is 0 Å². The molecule has 8 heteroatoms. The minimum absolute atomic E-state index is 0.000463. The fraction of sp³-hybridized carbons (Fsp3) is 0. The number of nitrogens with one attached hydrogen (secondary N) is 2. The molecule has 0 unspecified atom stereocenters. The van der Waals surface area contributed by atoms with Crippen molar-refractivity contribution in [2.24, 2.45) is 0 Å². The Morgan fingerprint density at radius 2 is 1.84 bits per heavy atom. The molecule has 1 aromatic carbocycles. The van der Waals surface area contributed by atoms with Gasteiger partial charge in [-0.1, -0.05) is 0 Å². The predicted octanol–water partition coefficient (Wildman–Crippen LogP) is 0.442. The van der Waals surface area contributed by atoms with Crippen LogP contribution in [0.5, 0.6) is 0 Å². The van der Waals surface area contributed by atoms with E-state index < -0.39 is 15.6 Å². The first-order valence-electron chi connectivity index (χ1n) is 5.10. The van der Waals surface area contributed by atoms with E-state index in [1.165, 1.54) is 30.3 Å². The lowest BCUT2D eigenvalue weighted by Crippen LogP contribution is -2.16. The van der Waals surface area contributed by atoms with Crippen molar-refractivity contribution in [3.63, 3.8) is 0 Å². The Labute approximate surface area is 108 Å². The van der Waals surface area contributed by atoms with Crippen molar-refractivity contribution in [3.8, 4) is 6.07 Å². The number of anilines is 1. The Kier molecular flexibility index (Phi) is 3.31. The molecule has 2 N–H and O–H groups in total. The van der Waals surface area contributed by atoms with Crippen molar-refractivity contribution in [2.75, 3.05) is 4.72 Å². The molecule has 0 aliphatic heterocycles. The molecule has 2 aromatic rings. The van der Waals surface area contributed by atoms with Gasteiger partial charge in [0.2, 0.25) is 0 Å². The molecule has 0 amide bonds. The van der Waals surface area contributed by atoms with Gasteiger partial charge in [0, 0.05) is 6.07 Å². The summed E-state index contributed by atoms with van der Waals surface area (Å²) in [6, 6.07) is 9.72. The second-order valence-electron chi connectivity index (χ2n) is 3.55. The van der Waals surface area contributed by atoms with Gasteiger partial charge >= 0.3 is 0 Å². The largest absolute Gasteiger partial charge is 0.268 e. The maximum atomic E-state index is 12.0. The summed E-state index contributed by atoms with van der Waals surface area (Å²) in [7, 11) is -3.80. The van der Waals surface area contributed by atoms with E-state index in [4.69, 9.17) is 5.26 Å². The highest BCUT2D eigenvalue weighted by molar-refractivity contribution is 7.92. The first-order valence-corrected chi connectivity index (χ1v) is 6.58. The number of hydrogen-bond acceptors (Lipinski definition) is 5. The van der Waals surface area contributed by atoms with Gasteiger partial charge in [0.05, 0.1) is 16.5 Å². The SMILES string of the molecule is N#Cc1ccc(S(=O)(=O)Nc2ccc(=O)[nH]n2)cc1. The van der Waals surface area contributed by atoms with E-state index in [1.54, 1.807) is 0 Å². The Morgan fingerprint density at radius 1 is 1.16 bits per heavy atom. The van der Waals surface area contributed by atoms with E-state index in [0.29, 0.717) is 5.56 Å². The molecule has 0 fully saturated rings. The van der Waals surface area contributed by atoms with E-state index in [0.717, 1.165) is 6.07 Å². The highest BCUT2D eigenvalue weighted by Gasteiger charge is 2.14. The first kappa shape index (κ1) is 12.8. The molecule has 19 heavy (non-hydrogen) atoms. The number of H-pyrrole nitrogens is 1. The smallest absolute Gasteiger partial charge is 0.264 e. The third kappa shape index (κ3) is 2.97. The molecule has 0 spiro atoms. The number of sulfonamides is 1. The molecule has 1 aromatic heterocycles. The number of benzene rings is 1. The Balaban J connectivity index is 2.29. The molecule has 96 valence electrons. The van der Waals surface area contributed by atoms with Crippen molar-refractivity contribution in [1.29, 1.82) is 5.26 Å². The topological polar surface area (TPSA) is 116 Å². The van der Waals surface area contributed by atoms with Crippen molar-refractivity contribution < 1.29 is 8.42 Å². The number of nitrogens with zero attached hydrogens (tertiary/aromatic N) is 2. The number of aromatic nitrogens is 2. The highest BCUT2D eigenvalue weighted by Crippen LogP contribution is 2.13. The monoisotopic (exact) mass is 276 g/mol. The molecule has 0 bridgehead atoms. The minimum atomic E-state index is -3.80. The normalized spacial score (nSPS) is 10.7. The van der Waals surface area contributed by atoms with Gasteiger partial charge in [-0.15, -0.1) is 0 Å². The van der Waals surface area contributed by atoms with Gasteiger partial charge in [-0.25, -0.2) is 13.5 Å². The standard InChI is InChI=1S/C11H8N4O3S/c12-7-8-1-3-9(4-2-8)19(17,18)15-10-5-6-11(16)14-13-10/h1-6H,(H,13,15)(H,14,16). The van der Waals surface area contributed by atoms with E-state index >= 15 is 0 Å². The molecular formula is C11H8N4O3S. The van der Waals surface area contributed by atoms with Crippen LogP contribution in [0.2, 0.25) is 0 Å². The fourth-order valence-electron chi connectivity index (χ4n) is 1.31. The molecule has 0 radical (unpaired) electrons. The Morgan fingerprint density at radius 3 is 2.37 bits per heavy atom. The van der Waals surface area contributed by atoms with Gasteiger partial charge in [0.15, 0.2) is 5.82 Å². The summed E-state index contributed by atoms with van der Waals surface area (Å²) in [4.78, 5) is 10.8. The van der Waals surface area contributed by atoms with Crippen LogP contribution >= 0.6 is 0 Å². The van der Waals surface area contributed by atoms with Gasteiger partial charge in [-0.2, -0.15) is 10.4 Å². The summed E-state index contributed by atoms with van der Waals surface area (Å²) in [5.74, 6) is 0.00367. The van der Waals surface area contributed by atoms with E-state index in [9.17, 15) is 13.2 Å². The van der Waals surface area contributed by atoms with E-state index in [1.807, 2.05) is 6.07 Å². The van der Waals surface area contributed by atoms with Crippen LogP contribution in [0.15, 0.2) is 46.1 Å². The lowest BCUT2D eigenvalue weighted by atomic mass is 10.2. The number of nitriles is 1. The zero-order chi connectivity index (χ0) is 13.9. The minimum Gasteiger partial charge on any atom is -0.268 e. The summed E-state index contributed by atoms with van der Waals surface area (Å²) in [5.41, 5.74) is -0.0672. The summed E-state index contributed by atoms with van der Waals surface area (Å²) < 4.78 is 26.1. The molecule has 0 saturated carbocycles. The van der Waals surface area contributed by atoms with E-state index in [2.05, 4.69) is 14.9 Å². The summed E-state index contributed by atoms with van der Waals surface area (Å²) in [5, 5.41) is 14.3. The fourth-order valence-corrected chi connectivity index (χ4v) is 2.31. The van der Waals surface area contributed by atoms with Crippen LogP contribution in [0.1, 0.15) is 5.56 Å². The van der Waals surface area contributed by atoms with Crippen molar-refractivity contribution in [3.05, 3.63) is 52.3 Å². The van der Waals surface area contributed by atoms with Crippen LogP contribution in [0.3, 0.4) is 0 Å². The lowest BCUT2D eigenvalue weighted by Gasteiger charge is -2.06. The molecule has 0 aliphatic rings. The highest BCUT2D eigenvalue weighted by atomic mass is 32.2. The number of aromatic amines is 1. The van der Waals surface area contributed by atoms with Gasteiger partial charge in [0.25, 0.3) is 15.6 Å². The summed E-state index contributed by atoms with van der Waals surface area (Å²) in [6.07, 6.45) is 0. The number of rotatable bonds is 3. The quantitative estimate of drug-likeness (QED) is 0.844. The maximum Gasteiger partial charge on any atom is 0.264 e. The van der Waals surface area contributed by atoms with Gasteiger partial charge in [-0.3, -0.25) is 9.52 Å². The van der Waals surface area contributed by atoms with Gasteiger partial charge < -0.3 is 0 Å². The molecule has 2 rings (SSSR count). The molecule has 0 saturated heterocycles. The van der Waals surface area contributed by atoms with Crippen LogP contribution < -0.4 is 10.3 Å². The molecule has 7 nitrogen and oxygen atoms in total. The van der Waals surface area contributed by atoms with Crippen LogP contribution in [0.4, 0.5) is 5.82 Å². The van der Waals surface area contributed by atoms with Crippen molar-refractivity contribution in [1.82, 2.24) is 10.2 Å². The average Bonchev–Trinajstić information content (AvgIpc) is 2.41. The second-order valence-corrected chi connectivity index (χ2v) is 5.23. The summed E-state index contributed by atoms with van der Waals surface area (Å²) >= 11 is 0. The third-order valence-electron chi connectivity index (χ3n) is 2.21. The van der Waals surface area contributed by atoms with Crippen molar-refractivity contribution >= 4 is 15.8 Å². The van der Waals surface area contributed by atoms with Crippen LogP contribution in [-0.4, -0.2) is 18.6 Å². The van der Waals surface area contributed by atoms with E-state index in [-0.39, 0.29) is 10.7 Å².